The highest BCUT2D eigenvalue weighted by Crippen LogP contribution is 2.38. The molecule has 0 saturated carbocycles. The highest BCUT2D eigenvalue weighted by Gasteiger charge is 2.33. The number of carbonyl (C=O) groups excluding carboxylic acids is 2. The quantitative estimate of drug-likeness (QED) is 0.888. The van der Waals surface area contributed by atoms with Gasteiger partial charge in [0.15, 0.2) is 0 Å². The van der Waals surface area contributed by atoms with Gasteiger partial charge >= 0.3 is 6.09 Å². The largest absolute Gasteiger partial charge is 0.444 e. The molecule has 2 N–H and O–H groups in total. The van der Waals surface area contributed by atoms with Crippen LogP contribution < -0.4 is 10.6 Å². The molecule has 5 heteroatoms. The van der Waals surface area contributed by atoms with Gasteiger partial charge in [0, 0.05) is 11.4 Å². The van der Waals surface area contributed by atoms with Crippen molar-refractivity contribution in [3.8, 4) is 0 Å². The molecule has 0 fully saturated rings. The minimum absolute atomic E-state index is 0.00352. The molecule has 2 amide bonds. The highest BCUT2D eigenvalue weighted by molar-refractivity contribution is 6.03. The Labute approximate surface area is 141 Å². The van der Waals surface area contributed by atoms with E-state index in [-0.39, 0.29) is 24.3 Å². The third-order valence-corrected chi connectivity index (χ3v) is 4.05. The molecular weight excluding hydrogens is 304 g/mol. The lowest BCUT2D eigenvalue weighted by Gasteiger charge is -2.14. The average molecular weight is 324 g/mol. The molecule has 1 unspecified atom stereocenters. The lowest BCUT2D eigenvalue weighted by atomic mass is 9.89. The van der Waals surface area contributed by atoms with E-state index in [0.717, 1.165) is 16.8 Å². The van der Waals surface area contributed by atoms with Gasteiger partial charge in [0.05, 0.1) is 5.92 Å². The van der Waals surface area contributed by atoms with Crippen LogP contribution in [0.5, 0.6) is 0 Å². The van der Waals surface area contributed by atoms with Crippen LogP contribution in [0, 0.1) is 5.92 Å². The molecule has 1 heterocycles. The number of carbonyl (C=O) groups is 2. The van der Waals surface area contributed by atoms with Gasteiger partial charge in [0.2, 0.25) is 5.91 Å². The second kappa shape index (κ2) is 6.74. The van der Waals surface area contributed by atoms with Crippen molar-refractivity contribution in [2.75, 3.05) is 10.6 Å². The molecule has 0 radical (unpaired) electrons. The third-order valence-electron chi connectivity index (χ3n) is 4.05. The lowest BCUT2D eigenvalue weighted by molar-refractivity contribution is -0.117. The number of ether oxygens (including phenoxy) is 1. The molecule has 1 atom stereocenters. The Morgan fingerprint density at radius 3 is 2.67 bits per heavy atom. The van der Waals surface area contributed by atoms with Gasteiger partial charge in [-0.3, -0.25) is 10.1 Å². The normalized spacial score (nSPS) is 15.8. The number of benzene rings is 2. The average Bonchev–Trinajstić information content (AvgIpc) is 2.89. The van der Waals surface area contributed by atoms with Crippen molar-refractivity contribution in [2.24, 2.45) is 5.92 Å². The molecule has 0 aromatic heterocycles. The minimum Gasteiger partial charge on any atom is -0.444 e. The van der Waals surface area contributed by atoms with E-state index < -0.39 is 6.09 Å². The molecule has 0 spiro atoms. The molecule has 24 heavy (non-hydrogen) atoms. The first kappa shape index (κ1) is 16.1. The van der Waals surface area contributed by atoms with E-state index in [4.69, 9.17) is 4.74 Å². The summed E-state index contributed by atoms with van der Waals surface area (Å²) in [5, 5.41) is 5.59. The summed E-state index contributed by atoms with van der Waals surface area (Å²) < 4.78 is 5.21. The van der Waals surface area contributed by atoms with Gasteiger partial charge in [0.25, 0.3) is 0 Å². The summed E-state index contributed by atoms with van der Waals surface area (Å²) in [4.78, 5) is 24.0. The predicted octanol–water partition coefficient (Wildman–Crippen LogP) is 4.13. The fraction of sp³-hybridized carbons (Fsp3) is 0.263. The number of amides is 2. The molecule has 0 saturated heterocycles. The van der Waals surface area contributed by atoms with E-state index in [1.165, 1.54) is 0 Å². The maximum absolute atomic E-state index is 12.0. The molecule has 1 aliphatic heterocycles. The number of hydrogen-bond acceptors (Lipinski definition) is 3. The van der Waals surface area contributed by atoms with E-state index in [1.54, 1.807) is 6.07 Å². The molecule has 124 valence electrons. The van der Waals surface area contributed by atoms with Crippen LogP contribution in [0.1, 0.15) is 30.9 Å². The van der Waals surface area contributed by atoms with Gasteiger partial charge in [-0.15, -0.1) is 0 Å². The molecule has 5 nitrogen and oxygen atoms in total. The van der Waals surface area contributed by atoms with Crippen LogP contribution in [0.15, 0.2) is 48.5 Å². The van der Waals surface area contributed by atoms with Gasteiger partial charge < -0.3 is 10.1 Å². The summed E-state index contributed by atoms with van der Waals surface area (Å²) >= 11 is 0. The Balaban J connectivity index is 1.66. The van der Waals surface area contributed by atoms with Gasteiger partial charge in [0.1, 0.15) is 6.61 Å². The Kier molecular flexibility index (Phi) is 4.51. The van der Waals surface area contributed by atoms with E-state index >= 15 is 0 Å². The zero-order valence-electron chi connectivity index (χ0n) is 13.7. The van der Waals surface area contributed by atoms with Gasteiger partial charge in [-0.2, -0.15) is 0 Å². The standard InChI is InChI=1S/C19H20N2O3/c1-12(2)17-15-10-14(8-9-16(15)21-18(17)22)20-19(23)24-11-13-6-4-3-5-7-13/h3-10,12,17H,11H2,1-2H3,(H,20,23)(H,21,22). The molecule has 0 aliphatic carbocycles. The van der Waals surface area contributed by atoms with E-state index in [2.05, 4.69) is 10.6 Å². The van der Waals surface area contributed by atoms with Crippen LogP contribution in [-0.4, -0.2) is 12.0 Å². The van der Waals surface area contributed by atoms with Crippen molar-refractivity contribution < 1.29 is 14.3 Å². The maximum Gasteiger partial charge on any atom is 0.411 e. The summed E-state index contributed by atoms with van der Waals surface area (Å²) in [6.07, 6.45) is -0.516. The molecule has 0 bridgehead atoms. The predicted molar refractivity (Wildman–Crippen MR) is 92.9 cm³/mol. The first-order chi connectivity index (χ1) is 11.5. The number of nitrogens with one attached hydrogen (secondary N) is 2. The Bertz CT molecular complexity index is 756. The second-order valence-corrected chi connectivity index (χ2v) is 6.20. The van der Waals surface area contributed by atoms with Crippen molar-refractivity contribution in [2.45, 2.75) is 26.4 Å². The first-order valence-corrected chi connectivity index (χ1v) is 7.97. The van der Waals surface area contributed by atoms with Crippen LogP contribution in [-0.2, 0) is 16.1 Å². The Morgan fingerprint density at radius 2 is 1.96 bits per heavy atom. The van der Waals surface area contributed by atoms with Crippen LogP contribution in [0.4, 0.5) is 16.2 Å². The van der Waals surface area contributed by atoms with Crippen molar-refractivity contribution in [3.05, 3.63) is 59.7 Å². The molecule has 3 rings (SSSR count). The molecule has 1 aliphatic rings. The summed E-state index contributed by atoms with van der Waals surface area (Å²) in [7, 11) is 0. The number of hydrogen-bond donors (Lipinski definition) is 2. The van der Waals surface area contributed by atoms with Gasteiger partial charge in [-0.25, -0.2) is 4.79 Å². The van der Waals surface area contributed by atoms with Crippen molar-refractivity contribution in [3.63, 3.8) is 0 Å². The smallest absolute Gasteiger partial charge is 0.411 e. The van der Waals surface area contributed by atoms with Crippen LogP contribution >= 0.6 is 0 Å². The zero-order valence-corrected chi connectivity index (χ0v) is 13.7. The van der Waals surface area contributed by atoms with Gasteiger partial charge in [-0.1, -0.05) is 44.2 Å². The summed E-state index contributed by atoms with van der Waals surface area (Å²) in [5.41, 5.74) is 3.27. The number of rotatable bonds is 4. The maximum atomic E-state index is 12.0. The molecular formula is C19H20N2O3. The van der Waals surface area contributed by atoms with Gasteiger partial charge in [-0.05, 0) is 35.2 Å². The van der Waals surface area contributed by atoms with Crippen LogP contribution in [0.25, 0.3) is 0 Å². The molecule has 2 aromatic rings. The minimum atomic E-state index is -0.516. The van der Waals surface area contributed by atoms with E-state index in [0.29, 0.717) is 5.69 Å². The van der Waals surface area contributed by atoms with E-state index in [9.17, 15) is 9.59 Å². The Hall–Kier alpha value is -2.82. The monoisotopic (exact) mass is 324 g/mol. The number of fused-ring (bicyclic) bond motifs is 1. The lowest BCUT2D eigenvalue weighted by Crippen LogP contribution is -2.17. The third kappa shape index (κ3) is 3.40. The van der Waals surface area contributed by atoms with Crippen molar-refractivity contribution in [1.82, 2.24) is 0 Å². The fourth-order valence-corrected chi connectivity index (χ4v) is 2.90. The molecule has 2 aromatic carbocycles. The van der Waals surface area contributed by atoms with Crippen LogP contribution in [0.2, 0.25) is 0 Å². The van der Waals surface area contributed by atoms with Crippen molar-refractivity contribution in [1.29, 1.82) is 0 Å². The summed E-state index contributed by atoms with van der Waals surface area (Å²) in [6.45, 7) is 4.23. The fourth-order valence-electron chi connectivity index (χ4n) is 2.90. The van der Waals surface area contributed by atoms with Crippen LogP contribution in [0.3, 0.4) is 0 Å². The second-order valence-electron chi connectivity index (χ2n) is 6.20. The highest BCUT2D eigenvalue weighted by atomic mass is 16.5. The van der Waals surface area contributed by atoms with Crippen molar-refractivity contribution >= 4 is 23.4 Å². The first-order valence-electron chi connectivity index (χ1n) is 7.97. The zero-order chi connectivity index (χ0) is 17.1. The van der Waals surface area contributed by atoms with E-state index in [1.807, 2.05) is 56.3 Å². The topological polar surface area (TPSA) is 67.4 Å². The number of anilines is 2. The summed E-state index contributed by atoms with van der Waals surface area (Å²) in [6, 6.07) is 14.9. The summed E-state index contributed by atoms with van der Waals surface area (Å²) in [5.74, 6) is -0.00238. The SMILES string of the molecule is CC(C)C1C(=O)Nc2ccc(NC(=O)OCc3ccccc3)cc21. The Morgan fingerprint density at radius 1 is 1.21 bits per heavy atom.